The number of nitro groups is 1. The van der Waals surface area contributed by atoms with Crippen LogP contribution in [0.15, 0.2) is 48.5 Å². The lowest BCUT2D eigenvalue weighted by atomic mass is 9.78. The molecule has 0 heterocycles. The summed E-state index contributed by atoms with van der Waals surface area (Å²) in [4.78, 5) is 34.9. The Hall–Kier alpha value is -3.24. The molecule has 2 rings (SSSR count). The largest absolute Gasteiger partial charge is 0.493 e. The van der Waals surface area contributed by atoms with E-state index in [0.717, 1.165) is 17.1 Å². The summed E-state index contributed by atoms with van der Waals surface area (Å²) in [6, 6.07) is 11.5. The van der Waals surface area contributed by atoms with E-state index >= 15 is 0 Å². The smallest absolute Gasteiger partial charge is 0.467 e. The molecule has 0 fully saturated rings. The number of nitro benzene ring substituents is 1. The number of carbonyl (C=O) groups is 2. The second-order valence-corrected chi connectivity index (χ2v) is 6.11. The van der Waals surface area contributed by atoms with Gasteiger partial charge in [0.1, 0.15) is 6.04 Å². The zero-order valence-corrected chi connectivity index (χ0v) is 16.3. The van der Waals surface area contributed by atoms with Crippen LogP contribution >= 0.6 is 0 Å². The van der Waals surface area contributed by atoms with Crippen LogP contribution in [0.25, 0.3) is 0 Å². The zero-order chi connectivity index (χ0) is 21.4. The number of rotatable bonds is 9. The van der Waals surface area contributed by atoms with E-state index in [4.69, 9.17) is 14.0 Å². The van der Waals surface area contributed by atoms with Crippen LogP contribution in [-0.2, 0) is 25.3 Å². The summed E-state index contributed by atoms with van der Waals surface area (Å²) in [5.41, 5.74) is 1.43. The second kappa shape index (κ2) is 10.3. The fourth-order valence-corrected chi connectivity index (χ4v) is 2.75. The van der Waals surface area contributed by atoms with Gasteiger partial charge < -0.3 is 19.4 Å². The molecule has 2 aromatic rings. The van der Waals surface area contributed by atoms with Crippen LogP contribution in [0.3, 0.4) is 0 Å². The Morgan fingerprint density at radius 1 is 1.10 bits per heavy atom. The maximum atomic E-state index is 12.5. The molecular formula is C19H21BN2O7. The number of non-ortho nitro benzene ring substituents is 1. The molecule has 0 bridgehead atoms. The van der Waals surface area contributed by atoms with Crippen molar-refractivity contribution in [2.75, 3.05) is 21.3 Å². The highest BCUT2D eigenvalue weighted by Gasteiger charge is 2.24. The number of hydrogen-bond acceptors (Lipinski definition) is 7. The average Bonchev–Trinajstić information content (AvgIpc) is 2.74. The minimum absolute atomic E-state index is 0.0754. The third kappa shape index (κ3) is 5.87. The molecule has 29 heavy (non-hydrogen) atoms. The van der Waals surface area contributed by atoms with E-state index in [1.54, 1.807) is 24.3 Å². The lowest BCUT2D eigenvalue weighted by Crippen LogP contribution is -2.43. The molecule has 0 spiro atoms. The third-order valence-electron chi connectivity index (χ3n) is 4.23. The molecule has 1 atom stereocenters. The summed E-state index contributed by atoms with van der Waals surface area (Å²) in [5, 5.41) is 13.5. The predicted octanol–water partition coefficient (Wildman–Crippen LogP) is 1.10. The molecule has 0 aromatic heterocycles. The molecule has 0 saturated heterocycles. The summed E-state index contributed by atoms with van der Waals surface area (Å²) >= 11 is 0. The minimum Gasteiger partial charge on any atom is -0.467 e. The highest BCUT2D eigenvalue weighted by atomic mass is 16.6. The summed E-state index contributed by atoms with van der Waals surface area (Å²) in [6.45, 7) is 0. The number of amides is 1. The molecule has 0 radical (unpaired) electrons. The zero-order valence-electron chi connectivity index (χ0n) is 16.3. The average molecular weight is 400 g/mol. The SMILES string of the molecule is COB(OC)c1ccc(C[C@H](NC(=O)c2cccc([N+](=O)[O-])c2)C(=O)OC)cc1. The number of benzene rings is 2. The van der Waals surface area contributed by atoms with Gasteiger partial charge >= 0.3 is 13.1 Å². The van der Waals surface area contributed by atoms with Crippen molar-refractivity contribution < 1.29 is 28.6 Å². The van der Waals surface area contributed by atoms with Crippen molar-refractivity contribution in [3.63, 3.8) is 0 Å². The Morgan fingerprint density at radius 3 is 2.31 bits per heavy atom. The van der Waals surface area contributed by atoms with Crippen molar-refractivity contribution in [3.8, 4) is 0 Å². The third-order valence-corrected chi connectivity index (χ3v) is 4.23. The molecule has 0 saturated carbocycles. The molecule has 1 amide bonds. The van der Waals surface area contributed by atoms with Crippen LogP contribution in [0.2, 0.25) is 0 Å². The van der Waals surface area contributed by atoms with E-state index in [-0.39, 0.29) is 17.7 Å². The molecule has 0 aliphatic heterocycles. The van der Waals surface area contributed by atoms with Crippen molar-refractivity contribution in [2.24, 2.45) is 0 Å². The number of esters is 1. The normalized spacial score (nSPS) is 11.4. The van der Waals surface area contributed by atoms with Gasteiger partial charge in [-0.25, -0.2) is 4.79 Å². The minimum atomic E-state index is -0.960. The first-order valence-corrected chi connectivity index (χ1v) is 8.67. The van der Waals surface area contributed by atoms with Gasteiger partial charge in [-0.3, -0.25) is 14.9 Å². The topological polar surface area (TPSA) is 117 Å². The Bertz CT molecular complexity index is 869. The van der Waals surface area contributed by atoms with Gasteiger partial charge in [-0.15, -0.1) is 0 Å². The van der Waals surface area contributed by atoms with E-state index in [2.05, 4.69) is 5.32 Å². The van der Waals surface area contributed by atoms with E-state index in [9.17, 15) is 19.7 Å². The molecular weight excluding hydrogens is 379 g/mol. The van der Waals surface area contributed by atoms with Gasteiger partial charge in [0.05, 0.1) is 12.0 Å². The molecule has 0 aliphatic rings. The van der Waals surface area contributed by atoms with Gasteiger partial charge in [-0.1, -0.05) is 30.3 Å². The summed E-state index contributed by atoms with van der Waals surface area (Å²) in [7, 11) is 3.77. The number of ether oxygens (including phenoxy) is 1. The van der Waals surface area contributed by atoms with Crippen molar-refractivity contribution in [1.82, 2.24) is 5.32 Å². The van der Waals surface area contributed by atoms with Gasteiger partial charge in [0.2, 0.25) is 0 Å². The predicted molar refractivity (Wildman–Crippen MR) is 106 cm³/mol. The van der Waals surface area contributed by atoms with Crippen LogP contribution in [0.4, 0.5) is 5.69 Å². The highest BCUT2D eigenvalue weighted by molar-refractivity contribution is 6.61. The van der Waals surface area contributed by atoms with Gasteiger partial charge in [-0.2, -0.15) is 0 Å². The maximum absolute atomic E-state index is 12.5. The van der Waals surface area contributed by atoms with Gasteiger partial charge in [0.25, 0.3) is 11.6 Å². The fraction of sp³-hybridized carbons (Fsp3) is 0.263. The van der Waals surface area contributed by atoms with Crippen LogP contribution in [-0.4, -0.2) is 51.3 Å². The monoisotopic (exact) mass is 400 g/mol. The van der Waals surface area contributed by atoms with Gasteiger partial charge in [0.15, 0.2) is 0 Å². The van der Waals surface area contributed by atoms with Crippen molar-refractivity contribution in [1.29, 1.82) is 0 Å². The fourth-order valence-electron chi connectivity index (χ4n) is 2.75. The summed E-state index contributed by atoms with van der Waals surface area (Å²) in [5.74, 6) is -1.24. The highest BCUT2D eigenvalue weighted by Crippen LogP contribution is 2.14. The van der Waals surface area contributed by atoms with E-state index in [1.807, 2.05) is 0 Å². The van der Waals surface area contributed by atoms with Gasteiger partial charge in [0, 0.05) is 38.3 Å². The number of nitrogens with zero attached hydrogens (tertiary/aromatic N) is 1. The van der Waals surface area contributed by atoms with Crippen LogP contribution < -0.4 is 10.8 Å². The molecule has 1 N–H and O–H groups in total. The van der Waals surface area contributed by atoms with E-state index in [0.29, 0.717) is 0 Å². The van der Waals surface area contributed by atoms with Crippen LogP contribution in [0.1, 0.15) is 15.9 Å². The summed E-state index contributed by atoms with van der Waals surface area (Å²) < 4.78 is 15.2. The number of carbonyl (C=O) groups excluding carboxylic acids is 2. The Balaban J connectivity index is 2.15. The molecule has 0 unspecified atom stereocenters. The Labute approximate surface area is 168 Å². The quantitative estimate of drug-likeness (QED) is 0.290. The van der Waals surface area contributed by atoms with Gasteiger partial charge in [-0.05, 0) is 17.1 Å². The lowest BCUT2D eigenvalue weighted by Gasteiger charge is -2.17. The van der Waals surface area contributed by atoms with E-state index in [1.165, 1.54) is 39.5 Å². The summed E-state index contributed by atoms with van der Waals surface area (Å²) in [6.07, 6.45) is 0.179. The first-order valence-electron chi connectivity index (χ1n) is 8.67. The first kappa shape index (κ1) is 22.1. The van der Waals surface area contributed by atoms with Crippen molar-refractivity contribution in [2.45, 2.75) is 12.5 Å². The first-order chi connectivity index (χ1) is 13.9. The van der Waals surface area contributed by atoms with Crippen LogP contribution in [0, 0.1) is 10.1 Å². The van der Waals surface area contributed by atoms with Crippen LogP contribution in [0.5, 0.6) is 0 Å². The van der Waals surface area contributed by atoms with Crippen molar-refractivity contribution >= 4 is 30.1 Å². The Kier molecular flexibility index (Phi) is 7.87. The lowest BCUT2D eigenvalue weighted by molar-refractivity contribution is -0.384. The second-order valence-electron chi connectivity index (χ2n) is 6.11. The van der Waals surface area contributed by atoms with E-state index < -0.39 is 30.0 Å². The Morgan fingerprint density at radius 2 is 1.76 bits per heavy atom. The molecule has 0 aliphatic carbocycles. The number of methoxy groups -OCH3 is 1. The molecule has 10 heteroatoms. The number of nitrogens with one attached hydrogen (secondary N) is 1. The maximum Gasteiger partial charge on any atom is 0.493 e. The molecule has 2 aromatic carbocycles. The number of hydrogen-bond donors (Lipinski definition) is 1. The molecule has 9 nitrogen and oxygen atoms in total. The van der Waals surface area contributed by atoms with Crippen molar-refractivity contribution in [3.05, 3.63) is 69.8 Å². The molecule has 152 valence electrons. The standard InChI is InChI=1S/C19H21BN2O7/c1-27-19(24)17(11-13-7-9-15(10-8-13)20(28-2)29-3)21-18(23)14-5-4-6-16(12-14)22(25)26/h4-10,12,17H,11H2,1-3H3,(H,21,23)/t17-/m0/s1.